The quantitative estimate of drug-likeness (QED) is 0.833. The molecular weight excluding hydrogens is 366 g/mol. The number of thiazole rings is 1. The van der Waals surface area contributed by atoms with Crippen LogP contribution < -0.4 is 0 Å². The number of carboxylic acids is 1. The van der Waals surface area contributed by atoms with Gasteiger partial charge in [-0.2, -0.15) is 0 Å². The number of nitrogens with zero attached hydrogens (tertiary/aromatic N) is 1. The average molecular weight is 384 g/mol. The summed E-state index contributed by atoms with van der Waals surface area (Å²) >= 11 is 4.96. The van der Waals surface area contributed by atoms with Crippen molar-refractivity contribution >= 4 is 43.5 Å². The summed E-state index contributed by atoms with van der Waals surface area (Å²) in [5, 5.41) is 19.4. The number of carbonyl (C=O) groups is 1. The van der Waals surface area contributed by atoms with Gasteiger partial charge in [-0.1, -0.05) is 0 Å². The van der Waals surface area contributed by atoms with Crippen molar-refractivity contribution in [3.05, 3.63) is 27.2 Å². The van der Waals surface area contributed by atoms with E-state index in [-0.39, 0.29) is 5.56 Å². The largest absolute Gasteiger partial charge is 0.478 e. The Labute approximate surface area is 141 Å². The fourth-order valence-corrected chi connectivity index (χ4v) is 4.88. The number of aliphatic hydroxyl groups is 1. The number of aromatic nitrogens is 1. The first-order valence-electron chi connectivity index (χ1n) is 7.50. The van der Waals surface area contributed by atoms with E-state index in [1.807, 2.05) is 6.07 Å². The third-order valence-electron chi connectivity index (χ3n) is 4.44. The Morgan fingerprint density at radius 2 is 1.95 bits per heavy atom. The fourth-order valence-electron chi connectivity index (χ4n) is 3.11. The summed E-state index contributed by atoms with van der Waals surface area (Å²) in [5.41, 5.74) is 1.03. The molecule has 1 fully saturated rings. The van der Waals surface area contributed by atoms with Crippen molar-refractivity contribution in [3.8, 4) is 0 Å². The Bertz CT molecular complexity index is 692. The number of fused-ring (bicyclic) bond motifs is 1. The smallest absolute Gasteiger partial charge is 0.336 e. The Hall–Kier alpha value is -0.980. The van der Waals surface area contributed by atoms with E-state index in [4.69, 9.17) is 5.11 Å². The van der Waals surface area contributed by atoms with Crippen molar-refractivity contribution in [3.63, 3.8) is 0 Å². The second kappa shape index (κ2) is 6.64. The normalized spacial score (nSPS) is 22.1. The van der Waals surface area contributed by atoms with Crippen LogP contribution in [0.4, 0.5) is 0 Å². The molecule has 2 aromatic rings. The lowest BCUT2D eigenvalue weighted by atomic mass is 9.81. The van der Waals surface area contributed by atoms with E-state index in [1.165, 1.54) is 0 Å². The number of halogens is 1. The molecule has 0 radical (unpaired) electrons. The Balaban J connectivity index is 1.76. The standard InChI is InChI=1S/C16H18BrNO3S/c17-12-7-14-13(6-11(12)16(20)21)18-15(22-14)5-9-1-3-10(8-19)4-2-9/h6-7,9-10,19H,1-5,8H2,(H,20,21). The number of benzene rings is 1. The molecule has 1 aromatic heterocycles. The summed E-state index contributed by atoms with van der Waals surface area (Å²) in [6.45, 7) is 0.305. The molecule has 1 saturated carbocycles. The zero-order valence-corrected chi connectivity index (χ0v) is 14.5. The van der Waals surface area contributed by atoms with Gasteiger partial charge in [0.15, 0.2) is 0 Å². The van der Waals surface area contributed by atoms with E-state index in [1.54, 1.807) is 17.4 Å². The molecule has 1 heterocycles. The van der Waals surface area contributed by atoms with Gasteiger partial charge in [-0.3, -0.25) is 0 Å². The fraction of sp³-hybridized carbons (Fsp3) is 0.500. The maximum Gasteiger partial charge on any atom is 0.336 e. The molecule has 6 heteroatoms. The molecule has 0 unspecified atom stereocenters. The van der Waals surface area contributed by atoms with Gasteiger partial charge in [0.05, 0.1) is 20.8 Å². The second-order valence-corrected chi connectivity index (χ2v) is 7.96. The maximum absolute atomic E-state index is 11.2. The molecule has 1 aromatic carbocycles. The average Bonchev–Trinajstić information content (AvgIpc) is 2.88. The van der Waals surface area contributed by atoms with Gasteiger partial charge in [0, 0.05) is 17.5 Å². The highest BCUT2D eigenvalue weighted by atomic mass is 79.9. The summed E-state index contributed by atoms with van der Waals surface area (Å²) in [4.78, 5) is 15.8. The lowest BCUT2D eigenvalue weighted by molar-refractivity contribution is 0.0696. The first-order valence-corrected chi connectivity index (χ1v) is 9.11. The lowest BCUT2D eigenvalue weighted by Crippen LogP contribution is -2.18. The highest BCUT2D eigenvalue weighted by Gasteiger charge is 2.22. The minimum atomic E-state index is -0.939. The van der Waals surface area contributed by atoms with Crippen LogP contribution >= 0.6 is 27.3 Å². The van der Waals surface area contributed by atoms with Gasteiger partial charge in [0.25, 0.3) is 0 Å². The van der Waals surface area contributed by atoms with E-state index >= 15 is 0 Å². The summed E-state index contributed by atoms with van der Waals surface area (Å²) in [6, 6.07) is 3.49. The highest BCUT2D eigenvalue weighted by molar-refractivity contribution is 9.10. The van der Waals surface area contributed by atoms with Crippen LogP contribution in [0, 0.1) is 11.8 Å². The van der Waals surface area contributed by atoms with E-state index < -0.39 is 5.97 Å². The first kappa shape index (κ1) is 15.9. The van der Waals surface area contributed by atoms with Crippen LogP contribution in [-0.2, 0) is 6.42 Å². The minimum absolute atomic E-state index is 0.257. The predicted octanol–water partition coefficient (Wildman–Crippen LogP) is 4.10. The van der Waals surface area contributed by atoms with Crippen molar-refractivity contribution in [2.75, 3.05) is 6.61 Å². The van der Waals surface area contributed by atoms with Crippen LogP contribution in [0.2, 0.25) is 0 Å². The molecule has 2 N–H and O–H groups in total. The number of carboxylic acid groups (broad SMARTS) is 1. The van der Waals surface area contributed by atoms with Crippen molar-refractivity contribution in [1.29, 1.82) is 0 Å². The molecular formula is C16H18BrNO3S. The Kier molecular flexibility index (Phi) is 4.80. The molecule has 0 bridgehead atoms. The van der Waals surface area contributed by atoms with Gasteiger partial charge in [-0.15, -0.1) is 11.3 Å². The second-order valence-electron chi connectivity index (χ2n) is 5.99. The van der Waals surface area contributed by atoms with Crippen LogP contribution in [0.25, 0.3) is 10.2 Å². The first-order chi connectivity index (χ1) is 10.6. The van der Waals surface area contributed by atoms with E-state index in [0.717, 1.165) is 47.3 Å². The molecule has 4 nitrogen and oxygen atoms in total. The van der Waals surface area contributed by atoms with Gasteiger partial charge in [-0.05, 0) is 65.6 Å². The molecule has 118 valence electrons. The molecule has 0 spiro atoms. The lowest BCUT2D eigenvalue weighted by Gasteiger charge is -2.26. The molecule has 1 aliphatic carbocycles. The maximum atomic E-state index is 11.2. The third-order valence-corrected chi connectivity index (χ3v) is 6.14. The molecule has 1 aliphatic rings. The zero-order valence-electron chi connectivity index (χ0n) is 12.1. The van der Waals surface area contributed by atoms with E-state index in [0.29, 0.717) is 22.9 Å². The van der Waals surface area contributed by atoms with Crippen LogP contribution in [0.3, 0.4) is 0 Å². The van der Waals surface area contributed by atoms with Crippen molar-refractivity contribution in [2.45, 2.75) is 32.1 Å². The monoisotopic (exact) mass is 383 g/mol. The zero-order chi connectivity index (χ0) is 15.7. The molecule has 0 aliphatic heterocycles. The summed E-state index contributed by atoms with van der Waals surface area (Å²) in [6.07, 6.45) is 5.44. The van der Waals surface area contributed by atoms with Gasteiger partial charge in [0.1, 0.15) is 0 Å². The van der Waals surface area contributed by atoms with Gasteiger partial charge in [0.2, 0.25) is 0 Å². The van der Waals surface area contributed by atoms with Gasteiger partial charge >= 0.3 is 5.97 Å². The molecule has 0 amide bonds. The predicted molar refractivity (Wildman–Crippen MR) is 90.5 cm³/mol. The number of rotatable bonds is 4. The SMILES string of the molecule is O=C(O)c1cc2nc(CC3CCC(CO)CC3)sc2cc1Br. The molecule has 0 atom stereocenters. The van der Waals surface area contributed by atoms with E-state index in [2.05, 4.69) is 20.9 Å². The third kappa shape index (κ3) is 3.34. The topological polar surface area (TPSA) is 70.4 Å². The number of aliphatic hydroxyl groups excluding tert-OH is 1. The highest BCUT2D eigenvalue weighted by Crippen LogP contribution is 2.34. The van der Waals surface area contributed by atoms with Crippen LogP contribution in [-0.4, -0.2) is 27.8 Å². The van der Waals surface area contributed by atoms with E-state index in [9.17, 15) is 9.90 Å². The van der Waals surface area contributed by atoms with Crippen molar-refractivity contribution in [2.24, 2.45) is 11.8 Å². The molecule has 3 rings (SSSR count). The van der Waals surface area contributed by atoms with Gasteiger partial charge in [-0.25, -0.2) is 9.78 Å². The molecule has 0 saturated heterocycles. The minimum Gasteiger partial charge on any atom is -0.478 e. The van der Waals surface area contributed by atoms with Crippen molar-refractivity contribution < 1.29 is 15.0 Å². The number of aromatic carboxylic acids is 1. The van der Waals surface area contributed by atoms with Crippen LogP contribution in [0.1, 0.15) is 41.0 Å². The van der Waals surface area contributed by atoms with Crippen LogP contribution in [0.5, 0.6) is 0 Å². The van der Waals surface area contributed by atoms with Crippen LogP contribution in [0.15, 0.2) is 16.6 Å². The summed E-state index contributed by atoms with van der Waals surface area (Å²) < 4.78 is 1.63. The summed E-state index contributed by atoms with van der Waals surface area (Å²) in [5.74, 6) is 0.164. The Morgan fingerprint density at radius 3 is 2.59 bits per heavy atom. The summed E-state index contributed by atoms with van der Waals surface area (Å²) in [7, 11) is 0. The van der Waals surface area contributed by atoms with Gasteiger partial charge < -0.3 is 10.2 Å². The molecule has 22 heavy (non-hydrogen) atoms. The number of hydrogen-bond acceptors (Lipinski definition) is 4. The Morgan fingerprint density at radius 1 is 1.27 bits per heavy atom. The number of hydrogen-bond donors (Lipinski definition) is 2. The van der Waals surface area contributed by atoms with Crippen molar-refractivity contribution in [1.82, 2.24) is 4.98 Å².